The Morgan fingerprint density at radius 2 is 0.870 bits per heavy atom. The predicted molar refractivity (Wildman–Crippen MR) is 213 cm³/mol. The Balaban J connectivity index is 3.84. The second-order valence-corrected chi connectivity index (χ2v) is 14.7. The highest BCUT2D eigenvalue weighted by Gasteiger charge is 2.21. The van der Waals surface area contributed by atoms with Crippen LogP contribution in [0.5, 0.6) is 0 Å². The summed E-state index contributed by atoms with van der Waals surface area (Å²) in [5.41, 5.74) is 11.9. The first kappa shape index (κ1) is 50.7. The van der Waals surface area contributed by atoms with Crippen molar-refractivity contribution in [1.82, 2.24) is 21.3 Å². The van der Waals surface area contributed by atoms with Crippen molar-refractivity contribution < 1.29 is 39.0 Å². The molecule has 4 amide bonds. The van der Waals surface area contributed by atoms with Gasteiger partial charge in [-0.3, -0.25) is 24.0 Å². The highest BCUT2D eigenvalue weighted by atomic mass is 16.4. The molecular weight excluding hydrogens is 692 g/mol. The first-order valence-corrected chi connectivity index (χ1v) is 21.0. The number of amides is 4. The Morgan fingerprint density at radius 3 is 1.30 bits per heavy atom. The van der Waals surface area contributed by atoms with Crippen LogP contribution in [-0.2, 0) is 28.8 Å². The molecule has 0 rings (SSSR count). The molecule has 0 saturated carbocycles. The standard InChI is InChI=1S/C40H76N6O8/c1-2-3-20-30-44-38(51)33(42)24-19-22-31-45-39(52)32(41)23-18-21-29-43-35(47)28-27-34(40(53)54)46-36(48)25-16-14-12-10-8-6-4-5-7-9-11-13-15-17-26-37(49)50/h32-34H,2-31,41-42H2,1H3,(H,43,47)(H,44,51)(H,45,52)(H,46,48)(H,49,50)(H,53,54)/t32-,33-,34-/m0/s1. The maximum atomic E-state index is 12.3. The van der Waals surface area contributed by atoms with Crippen LogP contribution in [0, 0.1) is 0 Å². The highest BCUT2D eigenvalue weighted by molar-refractivity contribution is 5.84. The van der Waals surface area contributed by atoms with Crippen LogP contribution in [0.3, 0.4) is 0 Å². The Hall–Kier alpha value is -3.26. The normalized spacial score (nSPS) is 12.7. The lowest BCUT2D eigenvalue weighted by Gasteiger charge is -2.15. The Kier molecular flexibility index (Phi) is 33.3. The summed E-state index contributed by atoms with van der Waals surface area (Å²) in [4.78, 5) is 71.1. The van der Waals surface area contributed by atoms with E-state index in [4.69, 9.17) is 16.6 Å². The number of rotatable bonds is 38. The number of hydrogen-bond acceptors (Lipinski definition) is 8. The van der Waals surface area contributed by atoms with Crippen LogP contribution in [0.2, 0.25) is 0 Å². The van der Waals surface area contributed by atoms with Gasteiger partial charge in [0.25, 0.3) is 0 Å². The summed E-state index contributed by atoms with van der Waals surface area (Å²) < 4.78 is 0. The summed E-state index contributed by atoms with van der Waals surface area (Å²) >= 11 is 0. The fourth-order valence-electron chi connectivity index (χ4n) is 6.10. The summed E-state index contributed by atoms with van der Waals surface area (Å²) in [5, 5.41) is 29.2. The van der Waals surface area contributed by atoms with Crippen LogP contribution in [-0.4, -0.2) is 83.5 Å². The number of unbranched alkanes of at least 4 members (excludes halogenated alkanes) is 17. The SMILES string of the molecule is CCCCCNC(=O)[C@@H](N)CCCCNC(=O)[C@@H](N)CCCCNC(=O)CC[C@H](NC(=O)CCCCCCCCCCCCCCCCC(=O)O)C(=O)O. The highest BCUT2D eigenvalue weighted by Crippen LogP contribution is 2.14. The minimum atomic E-state index is -1.16. The number of carbonyl (C=O) groups is 6. The molecule has 10 N–H and O–H groups in total. The van der Waals surface area contributed by atoms with Gasteiger partial charge in [0.05, 0.1) is 12.1 Å². The average molecular weight is 769 g/mol. The molecule has 0 aliphatic carbocycles. The van der Waals surface area contributed by atoms with Gasteiger partial charge in [0.15, 0.2) is 0 Å². The molecule has 14 nitrogen and oxygen atoms in total. The van der Waals surface area contributed by atoms with Crippen molar-refractivity contribution >= 4 is 35.6 Å². The molecule has 0 aromatic heterocycles. The van der Waals surface area contributed by atoms with Crippen molar-refractivity contribution in [3.8, 4) is 0 Å². The quantitative estimate of drug-likeness (QED) is 0.0382. The Morgan fingerprint density at radius 1 is 0.463 bits per heavy atom. The molecule has 0 aliphatic heterocycles. The lowest BCUT2D eigenvalue weighted by Crippen LogP contribution is -2.42. The van der Waals surface area contributed by atoms with Gasteiger partial charge in [0, 0.05) is 38.9 Å². The smallest absolute Gasteiger partial charge is 0.326 e. The summed E-state index contributed by atoms with van der Waals surface area (Å²) in [6, 6.07) is -2.33. The second-order valence-electron chi connectivity index (χ2n) is 14.7. The van der Waals surface area contributed by atoms with E-state index in [-0.39, 0.29) is 49.3 Å². The Bertz CT molecular complexity index is 1030. The topological polar surface area (TPSA) is 243 Å². The molecule has 0 bridgehead atoms. The minimum absolute atomic E-state index is 0.00290. The van der Waals surface area contributed by atoms with Crippen LogP contribution >= 0.6 is 0 Å². The maximum absolute atomic E-state index is 12.3. The third-order valence-corrected chi connectivity index (χ3v) is 9.60. The molecule has 314 valence electrons. The molecule has 0 aliphatic rings. The average Bonchev–Trinajstić information content (AvgIpc) is 3.13. The molecular formula is C40H76N6O8. The number of carboxylic acid groups (broad SMARTS) is 2. The van der Waals surface area contributed by atoms with Crippen LogP contribution in [0.4, 0.5) is 0 Å². The van der Waals surface area contributed by atoms with Crippen LogP contribution in [0.15, 0.2) is 0 Å². The maximum Gasteiger partial charge on any atom is 0.326 e. The second kappa shape index (κ2) is 35.4. The molecule has 0 spiro atoms. The van der Waals surface area contributed by atoms with Crippen molar-refractivity contribution in [2.24, 2.45) is 11.5 Å². The number of nitrogens with one attached hydrogen (secondary N) is 4. The predicted octanol–water partition coefficient (Wildman–Crippen LogP) is 5.20. The van der Waals surface area contributed by atoms with Crippen LogP contribution < -0.4 is 32.7 Å². The molecule has 54 heavy (non-hydrogen) atoms. The van der Waals surface area contributed by atoms with Gasteiger partial charge in [-0.25, -0.2) is 4.79 Å². The molecule has 14 heteroatoms. The largest absolute Gasteiger partial charge is 0.481 e. The van der Waals surface area contributed by atoms with E-state index in [1.165, 1.54) is 44.9 Å². The minimum Gasteiger partial charge on any atom is -0.481 e. The van der Waals surface area contributed by atoms with E-state index in [1.54, 1.807) is 0 Å². The third-order valence-electron chi connectivity index (χ3n) is 9.60. The molecule has 3 atom stereocenters. The van der Waals surface area contributed by atoms with E-state index in [0.717, 1.165) is 57.8 Å². The number of aliphatic carboxylic acids is 2. The zero-order valence-electron chi connectivity index (χ0n) is 33.4. The van der Waals surface area contributed by atoms with Gasteiger partial charge in [-0.1, -0.05) is 96.8 Å². The fraction of sp³-hybridized carbons (Fsp3) is 0.850. The van der Waals surface area contributed by atoms with Gasteiger partial charge >= 0.3 is 11.9 Å². The van der Waals surface area contributed by atoms with Gasteiger partial charge in [-0.2, -0.15) is 0 Å². The van der Waals surface area contributed by atoms with Gasteiger partial charge < -0.3 is 42.9 Å². The molecule has 0 saturated heterocycles. The summed E-state index contributed by atoms with van der Waals surface area (Å²) in [7, 11) is 0. The summed E-state index contributed by atoms with van der Waals surface area (Å²) in [6.07, 6.45) is 22.4. The first-order valence-electron chi connectivity index (χ1n) is 21.0. The molecule has 0 aromatic rings. The molecule has 0 radical (unpaired) electrons. The van der Waals surface area contributed by atoms with Crippen molar-refractivity contribution in [1.29, 1.82) is 0 Å². The number of hydrogen-bond donors (Lipinski definition) is 8. The van der Waals surface area contributed by atoms with Crippen molar-refractivity contribution in [3.63, 3.8) is 0 Å². The van der Waals surface area contributed by atoms with Gasteiger partial charge in [-0.05, 0) is 64.2 Å². The van der Waals surface area contributed by atoms with E-state index in [9.17, 15) is 33.9 Å². The molecule has 0 heterocycles. The summed E-state index contributed by atoms with van der Waals surface area (Å²) in [6.45, 7) is 3.58. The lowest BCUT2D eigenvalue weighted by atomic mass is 10.0. The molecule has 0 aromatic carbocycles. The van der Waals surface area contributed by atoms with E-state index < -0.39 is 30.1 Å². The monoisotopic (exact) mass is 769 g/mol. The lowest BCUT2D eigenvalue weighted by molar-refractivity contribution is -0.142. The van der Waals surface area contributed by atoms with Gasteiger partial charge in [-0.15, -0.1) is 0 Å². The number of nitrogens with two attached hydrogens (primary N) is 2. The van der Waals surface area contributed by atoms with E-state index in [0.29, 0.717) is 64.6 Å². The van der Waals surface area contributed by atoms with E-state index in [1.807, 2.05) is 0 Å². The number of carboxylic acids is 2. The van der Waals surface area contributed by atoms with E-state index in [2.05, 4.69) is 28.2 Å². The van der Waals surface area contributed by atoms with E-state index >= 15 is 0 Å². The first-order chi connectivity index (χ1) is 26.0. The number of carbonyl (C=O) groups excluding carboxylic acids is 4. The van der Waals surface area contributed by atoms with Crippen LogP contribution in [0.1, 0.15) is 180 Å². The zero-order chi connectivity index (χ0) is 40.2. The van der Waals surface area contributed by atoms with Gasteiger partial charge in [0.2, 0.25) is 23.6 Å². The fourth-order valence-corrected chi connectivity index (χ4v) is 6.10. The third kappa shape index (κ3) is 32.2. The zero-order valence-corrected chi connectivity index (χ0v) is 33.4. The Labute approximate surface area is 324 Å². The van der Waals surface area contributed by atoms with Crippen molar-refractivity contribution in [2.45, 2.75) is 198 Å². The van der Waals surface area contributed by atoms with Crippen molar-refractivity contribution in [2.75, 3.05) is 19.6 Å². The molecule has 0 unspecified atom stereocenters. The molecule has 0 fully saturated rings. The van der Waals surface area contributed by atoms with Crippen LogP contribution in [0.25, 0.3) is 0 Å². The van der Waals surface area contributed by atoms with Gasteiger partial charge in [0.1, 0.15) is 6.04 Å². The summed E-state index contributed by atoms with van der Waals surface area (Å²) in [5.74, 6) is -2.86. The van der Waals surface area contributed by atoms with Crippen molar-refractivity contribution in [3.05, 3.63) is 0 Å².